The van der Waals surface area contributed by atoms with E-state index < -0.39 is 0 Å². The molecule has 21 heavy (non-hydrogen) atoms. The van der Waals surface area contributed by atoms with Gasteiger partial charge in [0.2, 0.25) is 0 Å². The van der Waals surface area contributed by atoms with Crippen LogP contribution in [0.4, 0.5) is 4.39 Å². The van der Waals surface area contributed by atoms with Crippen LogP contribution in [0, 0.1) is 5.82 Å². The molecule has 0 saturated heterocycles. The van der Waals surface area contributed by atoms with Crippen LogP contribution in [0.15, 0.2) is 18.2 Å². The second-order valence-corrected chi connectivity index (χ2v) is 5.24. The van der Waals surface area contributed by atoms with Gasteiger partial charge in [0.05, 0.1) is 0 Å². The monoisotopic (exact) mass is 296 g/mol. The van der Waals surface area contributed by atoms with Crippen molar-refractivity contribution >= 4 is 5.91 Å². The molecule has 4 nitrogen and oxygen atoms in total. The molecule has 0 fully saturated rings. The zero-order valence-electron chi connectivity index (χ0n) is 13.2. The number of hydrogen-bond donors (Lipinski definition) is 2. The lowest BCUT2D eigenvalue weighted by Gasteiger charge is -2.15. The summed E-state index contributed by atoms with van der Waals surface area (Å²) in [4.78, 5) is 11.7. The normalized spacial score (nSPS) is 13.6. The minimum absolute atomic E-state index is 0.0720. The maximum Gasteiger partial charge on any atom is 0.258 e. The smallest absolute Gasteiger partial charge is 0.258 e. The van der Waals surface area contributed by atoms with Crippen molar-refractivity contribution in [1.29, 1.82) is 0 Å². The predicted molar refractivity (Wildman–Crippen MR) is 81.9 cm³/mol. The zero-order valence-corrected chi connectivity index (χ0v) is 13.2. The highest BCUT2D eigenvalue weighted by molar-refractivity contribution is 5.77. The van der Waals surface area contributed by atoms with E-state index in [1.807, 2.05) is 13.8 Å². The van der Waals surface area contributed by atoms with Crippen molar-refractivity contribution in [3.63, 3.8) is 0 Å². The molecule has 1 aromatic rings. The van der Waals surface area contributed by atoms with Gasteiger partial charge in [-0.25, -0.2) is 4.39 Å². The van der Waals surface area contributed by atoms with Gasteiger partial charge in [0, 0.05) is 23.7 Å². The van der Waals surface area contributed by atoms with Crippen molar-refractivity contribution in [2.45, 2.75) is 45.7 Å². The van der Waals surface area contributed by atoms with Gasteiger partial charge >= 0.3 is 0 Å². The highest BCUT2D eigenvalue weighted by Gasteiger charge is 2.11. The van der Waals surface area contributed by atoms with E-state index in [0.717, 1.165) is 12.8 Å². The minimum atomic E-state index is -0.339. The lowest BCUT2D eigenvalue weighted by atomic mass is 10.1. The van der Waals surface area contributed by atoms with Crippen molar-refractivity contribution in [3.05, 3.63) is 29.6 Å². The summed E-state index contributed by atoms with van der Waals surface area (Å²) in [6, 6.07) is 4.71. The average Bonchev–Trinajstić information content (AvgIpc) is 2.44. The van der Waals surface area contributed by atoms with Gasteiger partial charge in [-0.1, -0.05) is 19.4 Å². The first-order valence-corrected chi connectivity index (χ1v) is 7.36. The molecule has 118 valence electrons. The molecule has 0 heterocycles. The second-order valence-electron chi connectivity index (χ2n) is 5.24. The van der Waals surface area contributed by atoms with Crippen molar-refractivity contribution in [1.82, 2.24) is 10.6 Å². The van der Waals surface area contributed by atoms with Crippen LogP contribution in [-0.4, -0.2) is 25.6 Å². The summed E-state index contributed by atoms with van der Waals surface area (Å²) in [5.74, 6) is -0.170. The summed E-state index contributed by atoms with van der Waals surface area (Å²) in [5.41, 5.74) is 0.575. The molecule has 2 unspecified atom stereocenters. The topological polar surface area (TPSA) is 50.4 Å². The fraction of sp³-hybridized carbons (Fsp3) is 0.562. The number of halogens is 1. The fourth-order valence-corrected chi connectivity index (χ4v) is 2.07. The van der Waals surface area contributed by atoms with Crippen LogP contribution in [-0.2, 0) is 4.79 Å². The van der Waals surface area contributed by atoms with Gasteiger partial charge in [0.25, 0.3) is 5.91 Å². The first kappa shape index (κ1) is 17.4. The van der Waals surface area contributed by atoms with Crippen LogP contribution in [0.5, 0.6) is 5.75 Å². The number of carbonyl (C=O) groups is 1. The molecular weight excluding hydrogens is 271 g/mol. The summed E-state index contributed by atoms with van der Waals surface area (Å²) >= 11 is 0. The first-order chi connectivity index (χ1) is 9.97. The third kappa shape index (κ3) is 5.71. The highest BCUT2D eigenvalue weighted by Crippen LogP contribution is 2.21. The molecule has 0 aliphatic heterocycles. The molecule has 0 radical (unpaired) electrons. The number of amides is 1. The maximum atomic E-state index is 13.9. The van der Waals surface area contributed by atoms with Gasteiger partial charge in [-0.3, -0.25) is 4.79 Å². The molecule has 0 aliphatic carbocycles. The largest absolute Gasteiger partial charge is 0.484 e. The molecule has 0 spiro atoms. The van der Waals surface area contributed by atoms with Crippen molar-refractivity contribution < 1.29 is 13.9 Å². The van der Waals surface area contributed by atoms with Crippen LogP contribution in [0.1, 0.15) is 45.2 Å². The van der Waals surface area contributed by atoms with Gasteiger partial charge in [-0.15, -0.1) is 0 Å². The lowest BCUT2D eigenvalue weighted by molar-refractivity contribution is -0.123. The van der Waals surface area contributed by atoms with Crippen molar-refractivity contribution in [2.24, 2.45) is 0 Å². The molecule has 1 aromatic carbocycles. The van der Waals surface area contributed by atoms with E-state index in [1.54, 1.807) is 19.2 Å². The molecular formula is C16H25FN2O2. The van der Waals surface area contributed by atoms with Crippen LogP contribution in [0.25, 0.3) is 0 Å². The Kier molecular flexibility index (Phi) is 7.15. The van der Waals surface area contributed by atoms with Crippen molar-refractivity contribution in [3.8, 4) is 5.75 Å². The summed E-state index contributed by atoms with van der Waals surface area (Å²) in [6.07, 6.45) is 1.94. The molecule has 1 rings (SSSR count). The highest BCUT2D eigenvalue weighted by atomic mass is 19.1. The van der Waals surface area contributed by atoms with Gasteiger partial charge in [0.15, 0.2) is 6.61 Å². The predicted octanol–water partition coefficient (Wildman–Crippen LogP) is 2.79. The van der Waals surface area contributed by atoms with E-state index in [9.17, 15) is 9.18 Å². The van der Waals surface area contributed by atoms with Crippen LogP contribution in [0.3, 0.4) is 0 Å². The molecule has 0 aromatic heterocycles. The second kappa shape index (κ2) is 8.62. The Morgan fingerprint density at radius 3 is 2.67 bits per heavy atom. The Morgan fingerprint density at radius 1 is 1.38 bits per heavy atom. The number of carbonyl (C=O) groups excluding carboxylic acids is 1. The van der Waals surface area contributed by atoms with E-state index in [1.165, 1.54) is 6.07 Å². The maximum absolute atomic E-state index is 13.9. The Balaban J connectivity index is 2.52. The summed E-state index contributed by atoms with van der Waals surface area (Å²) in [5, 5.41) is 5.82. The SMILES string of the molecule is CCCC(C)NC(=O)COc1ccc(C(C)NC)c(F)c1. The molecule has 2 atom stereocenters. The molecule has 0 bridgehead atoms. The van der Waals surface area contributed by atoms with Crippen LogP contribution in [0.2, 0.25) is 0 Å². The number of benzene rings is 1. The summed E-state index contributed by atoms with van der Waals surface area (Å²) in [6.45, 7) is 5.79. The molecule has 0 saturated carbocycles. The van der Waals surface area contributed by atoms with Gasteiger partial charge < -0.3 is 15.4 Å². The Bertz CT molecular complexity index is 466. The van der Waals surface area contributed by atoms with Gasteiger partial charge in [0.1, 0.15) is 11.6 Å². The van der Waals surface area contributed by atoms with E-state index in [0.29, 0.717) is 11.3 Å². The van der Waals surface area contributed by atoms with E-state index >= 15 is 0 Å². The number of hydrogen-bond acceptors (Lipinski definition) is 3. The van der Waals surface area contributed by atoms with Gasteiger partial charge in [-0.05, 0) is 33.4 Å². The third-order valence-electron chi connectivity index (χ3n) is 3.37. The van der Waals surface area contributed by atoms with Crippen LogP contribution >= 0.6 is 0 Å². The minimum Gasteiger partial charge on any atom is -0.484 e. The van der Waals surface area contributed by atoms with Gasteiger partial charge in [-0.2, -0.15) is 0 Å². The Morgan fingerprint density at radius 2 is 2.10 bits per heavy atom. The molecule has 0 aliphatic rings. The Labute approximate surface area is 126 Å². The molecule has 5 heteroatoms. The number of ether oxygens (including phenoxy) is 1. The zero-order chi connectivity index (χ0) is 15.8. The Hall–Kier alpha value is -1.62. The van der Waals surface area contributed by atoms with Crippen molar-refractivity contribution in [2.75, 3.05) is 13.7 Å². The van der Waals surface area contributed by atoms with E-state index in [2.05, 4.69) is 17.6 Å². The van der Waals surface area contributed by atoms with E-state index in [-0.39, 0.29) is 30.4 Å². The number of rotatable bonds is 8. The third-order valence-corrected chi connectivity index (χ3v) is 3.37. The van der Waals surface area contributed by atoms with E-state index in [4.69, 9.17) is 4.74 Å². The average molecular weight is 296 g/mol. The number of nitrogens with one attached hydrogen (secondary N) is 2. The summed E-state index contributed by atoms with van der Waals surface area (Å²) in [7, 11) is 1.77. The molecule has 2 N–H and O–H groups in total. The lowest BCUT2D eigenvalue weighted by Crippen LogP contribution is -2.35. The fourth-order valence-electron chi connectivity index (χ4n) is 2.07. The first-order valence-electron chi connectivity index (χ1n) is 7.36. The summed E-state index contributed by atoms with van der Waals surface area (Å²) < 4.78 is 19.2. The molecule has 1 amide bonds. The van der Waals surface area contributed by atoms with Crippen LogP contribution < -0.4 is 15.4 Å². The standard InChI is InChI=1S/C16H25FN2O2/c1-5-6-11(2)19-16(20)10-21-13-7-8-14(12(3)18-4)15(17)9-13/h7-9,11-12,18H,5-6,10H2,1-4H3,(H,19,20). The quantitative estimate of drug-likeness (QED) is 0.775.